The van der Waals surface area contributed by atoms with Crippen LogP contribution in [0.3, 0.4) is 0 Å². The Balaban J connectivity index is 0.905. The van der Waals surface area contributed by atoms with Gasteiger partial charge in [0.1, 0.15) is 61.0 Å². The molecule has 8 N–H and O–H groups in total. The Labute approximate surface area is 358 Å². The molecule has 0 unspecified atom stereocenters. The van der Waals surface area contributed by atoms with Crippen molar-refractivity contribution in [3.05, 3.63) is 11.6 Å². The third kappa shape index (κ3) is 7.42. The summed E-state index contributed by atoms with van der Waals surface area (Å²) in [7, 11) is 0. The Morgan fingerprint density at radius 1 is 0.689 bits per heavy atom. The average Bonchev–Trinajstić information content (AvgIpc) is 3.69. The predicted molar refractivity (Wildman–Crippen MR) is 213 cm³/mol. The lowest BCUT2D eigenvalue weighted by atomic mass is 9.47. The molecule has 5 heterocycles. The largest absolute Gasteiger partial charge is 0.394 e. The van der Waals surface area contributed by atoms with E-state index in [4.69, 9.17) is 37.9 Å². The third-order valence-corrected chi connectivity index (χ3v) is 17.6. The van der Waals surface area contributed by atoms with Crippen molar-refractivity contribution in [3.8, 4) is 0 Å². The van der Waals surface area contributed by atoms with Gasteiger partial charge in [-0.25, -0.2) is 0 Å². The smallest absolute Gasteiger partial charge is 0.187 e. The van der Waals surface area contributed by atoms with Crippen LogP contribution in [0, 0.1) is 46.3 Å². The maximum Gasteiger partial charge on any atom is 0.187 e. The van der Waals surface area contributed by atoms with Gasteiger partial charge in [-0.3, -0.25) is 0 Å². The van der Waals surface area contributed by atoms with Crippen LogP contribution in [0.4, 0.5) is 0 Å². The summed E-state index contributed by atoms with van der Waals surface area (Å²) in [5.41, 5.74) is 1.56. The van der Waals surface area contributed by atoms with Crippen molar-refractivity contribution in [1.29, 1.82) is 0 Å². The summed E-state index contributed by atoms with van der Waals surface area (Å²) in [6.07, 6.45) is -10.5. The van der Waals surface area contributed by atoms with Crippen molar-refractivity contribution in [2.75, 3.05) is 13.2 Å². The minimum absolute atomic E-state index is 0.00492. The van der Waals surface area contributed by atoms with Gasteiger partial charge in [-0.05, 0) is 106 Å². The fourth-order valence-electron chi connectivity index (χ4n) is 14.0. The first kappa shape index (κ1) is 45.3. The molecule has 0 aromatic heterocycles. The molecule has 5 saturated heterocycles. The summed E-state index contributed by atoms with van der Waals surface area (Å²) < 4.78 is 50.0. The molecule has 8 fully saturated rings. The summed E-state index contributed by atoms with van der Waals surface area (Å²) in [6, 6.07) is 0. The van der Waals surface area contributed by atoms with E-state index >= 15 is 0 Å². The van der Waals surface area contributed by atoms with Crippen LogP contribution >= 0.6 is 0 Å². The lowest BCUT2D eigenvalue weighted by Crippen LogP contribution is -2.67. The molecule has 348 valence electrons. The monoisotopic (exact) mass is 868 g/mol. The fraction of sp³-hybridized carbons (Fsp3) is 0.956. The van der Waals surface area contributed by atoms with Crippen LogP contribution in [-0.4, -0.2) is 164 Å². The van der Waals surface area contributed by atoms with E-state index in [0.717, 1.165) is 45.1 Å². The van der Waals surface area contributed by atoms with E-state index in [9.17, 15) is 40.9 Å². The van der Waals surface area contributed by atoms with Crippen LogP contribution in [0.25, 0.3) is 0 Å². The summed E-state index contributed by atoms with van der Waals surface area (Å²) in [5.74, 6) is 2.68. The van der Waals surface area contributed by atoms with Crippen molar-refractivity contribution in [3.63, 3.8) is 0 Å². The van der Waals surface area contributed by atoms with Gasteiger partial charge in [-0.1, -0.05) is 39.3 Å². The zero-order valence-electron chi connectivity index (χ0n) is 36.5. The fourth-order valence-corrected chi connectivity index (χ4v) is 14.0. The topological polar surface area (TPSA) is 236 Å². The summed E-state index contributed by atoms with van der Waals surface area (Å²) >= 11 is 0. The van der Waals surface area contributed by atoms with Gasteiger partial charge < -0.3 is 78.7 Å². The molecule has 0 aromatic carbocycles. The van der Waals surface area contributed by atoms with Crippen LogP contribution in [0.2, 0.25) is 0 Å². The summed E-state index contributed by atoms with van der Waals surface area (Å²) in [5, 5.41) is 86.1. The van der Waals surface area contributed by atoms with Crippen LogP contribution in [0.5, 0.6) is 0 Å². The van der Waals surface area contributed by atoms with Gasteiger partial charge in [-0.2, -0.15) is 0 Å². The van der Waals surface area contributed by atoms with E-state index in [-0.39, 0.29) is 23.0 Å². The average molecular weight is 869 g/mol. The molecule has 0 aromatic rings. The number of aliphatic hydroxyl groups is 8. The lowest BCUT2D eigenvalue weighted by Gasteiger charge is -2.58. The van der Waals surface area contributed by atoms with Crippen molar-refractivity contribution < 1.29 is 78.7 Å². The molecule has 16 heteroatoms. The molecule has 5 aliphatic heterocycles. The number of aliphatic hydroxyl groups excluding tert-OH is 8. The van der Waals surface area contributed by atoms with Crippen LogP contribution < -0.4 is 0 Å². The molecule has 3 saturated carbocycles. The number of fused-ring (bicyclic) bond motifs is 7. The first-order chi connectivity index (χ1) is 28.9. The lowest BCUT2D eigenvalue weighted by molar-refractivity contribution is -0.387. The molecule has 61 heavy (non-hydrogen) atoms. The van der Waals surface area contributed by atoms with Crippen LogP contribution in [0.1, 0.15) is 99.3 Å². The SMILES string of the molecule is C[C@@H]1CC[C@@]2(OC1)O[C@H]1C[C@H]3[C@@H]4CC=C5C[C@H](O[C@H]6O[C@H](CO)[C@@H](O[C@@H]7O[C@H](C)[C@@H](O)[C@@H](O)[C@@H]7O)[C@H](O[C@H]7O[C@@H](C)[C@H](O)[C@@H](O)[C@@H]7O)[C@H]6O)CC[C@]5(C)[C@@H]4CC[C@@]3(C)[C@H]1[C@@H]2C. The number of hydrogen-bond donors (Lipinski definition) is 8. The first-order valence-corrected chi connectivity index (χ1v) is 23.2. The van der Waals surface area contributed by atoms with Crippen molar-refractivity contribution in [1.82, 2.24) is 0 Å². The van der Waals surface area contributed by atoms with E-state index in [0.29, 0.717) is 48.3 Å². The molecule has 16 nitrogen and oxygen atoms in total. The van der Waals surface area contributed by atoms with Gasteiger partial charge in [0.2, 0.25) is 0 Å². The molecule has 1 spiro atoms. The van der Waals surface area contributed by atoms with Crippen molar-refractivity contribution in [2.24, 2.45) is 46.3 Å². The molecule has 9 aliphatic rings. The maximum absolute atomic E-state index is 12.0. The summed E-state index contributed by atoms with van der Waals surface area (Å²) in [4.78, 5) is 0. The predicted octanol–water partition coefficient (Wildman–Crippen LogP) is 1.24. The first-order valence-electron chi connectivity index (χ1n) is 23.2. The molecule has 0 amide bonds. The number of rotatable bonds is 7. The maximum atomic E-state index is 12.0. The second-order valence-electron chi connectivity index (χ2n) is 21.1. The zero-order valence-corrected chi connectivity index (χ0v) is 36.5. The molecular weight excluding hydrogens is 796 g/mol. The Kier molecular flexibility index (Phi) is 12.4. The van der Waals surface area contributed by atoms with Gasteiger partial charge in [0.05, 0.1) is 37.6 Å². The Morgan fingerprint density at radius 3 is 1.95 bits per heavy atom. The Morgan fingerprint density at radius 2 is 1.33 bits per heavy atom. The van der Waals surface area contributed by atoms with E-state index < -0.39 is 105 Å². The van der Waals surface area contributed by atoms with Crippen LogP contribution in [-0.2, 0) is 37.9 Å². The Hall–Kier alpha value is -0.900. The molecular formula is C45H72O16. The number of hydrogen-bond acceptors (Lipinski definition) is 16. The highest BCUT2D eigenvalue weighted by molar-refractivity contribution is 5.26. The van der Waals surface area contributed by atoms with Crippen molar-refractivity contribution >= 4 is 0 Å². The van der Waals surface area contributed by atoms with E-state index in [1.165, 1.54) is 25.8 Å². The normalized spacial score (nSPS) is 58.4. The van der Waals surface area contributed by atoms with Gasteiger partial charge in [0.25, 0.3) is 0 Å². The standard InChI is InChI=1S/C45H72O16/c1-19-9-14-45(54-18-19)20(2)30-28(61-45)16-27-25-8-7-23-15-24(10-12-43(23,5)26(25)11-13-44(27,30)6)57-42-37(53)39(60-41-36(52)34(50)32(48)22(4)56-41)38(29(17-46)58-42)59-40-35(51)33(49)31(47)21(3)55-40/h7,19-22,24-42,46-53H,8-18H2,1-6H3/t19-,20+,21-,22+,24-,25-,26-,27+,28+,29-,30+,31-,32+,33-,34-,35+,36+,37-,38-,39-,40+,41-,42+,43+,44-,45-/m1/s1. The van der Waals surface area contributed by atoms with Gasteiger partial charge in [-0.15, -0.1) is 0 Å². The second kappa shape index (κ2) is 16.8. The minimum Gasteiger partial charge on any atom is -0.394 e. The third-order valence-electron chi connectivity index (χ3n) is 17.6. The van der Waals surface area contributed by atoms with E-state index in [1.54, 1.807) is 0 Å². The molecule has 0 radical (unpaired) electrons. The van der Waals surface area contributed by atoms with E-state index in [1.807, 2.05) is 0 Å². The molecule has 26 atom stereocenters. The van der Waals surface area contributed by atoms with Gasteiger partial charge in [0, 0.05) is 12.3 Å². The quantitative estimate of drug-likeness (QED) is 0.168. The Bertz CT molecular complexity index is 1590. The molecule has 0 bridgehead atoms. The number of allylic oxidation sites excluding steroid dienone is 1. The highest BCUT2D eigenvalue weighted by Gasteiger charge is 2.69. The highest BCUT2D eigenvalue weighted by atomic mass is 16.8. The minimum atomic E-state index is -1.73. The highest BCUT2D eigenvalue weighted by Crippen LogP contribution is 2.70. The van der Waals surface area contributed by atoms with Gasteiger partial charge in [0.15, 0.2) is 24.7 Å². The molecule has 4 aliphatic carbocycles. The number of ether oxygens (including phenoxy) is 8. The van der Waals surface area contributed by atoms with E-state index in [2.05, 4.69) is 33.8 Å². The van der Waals surface area contributed by atoms with Gasteiger partial charge >= 0.3 is 0 Å². The summed E-state index contributed by atoms with van der Waals surface area (Å²) in [6.45, 7) is 12.7. The zero-order chi connectivity index (χ0) is 43.5. The molecule has 9 rings (SSSR count). The van der Waals surface area contributed by atoms with Crippen molar-refractivity contribution in [2.45, 2.75) is 209 Å². The second-order valence-corrected chi connectivity index (χ2v) is 21.1. The van der Waals surface area contributed by atoms with Crippen LogP contribution in [0.15, 0.2) is 11.6 Å².